The van der Waals surface area contributed by atoms with Crippen molar-refractivity contribution in [3.8, 4) is 0 Å². The van der Waals surface area contributed by atoms with Crippen LogP contribution in [0, 0.1) is 5.82 Å². The van der Waals surface area contributed by atoms with Crippen LogP contribution in [0.2, 0.25) is 5.02 Å². The maximum Gasteiger partial charge on any atom is 0.259 e. The van der Waals surface area contributed by atoms with Crippen LogP contribution in [0.15, 0.2) is 36.7 Å². The van der Waals surface area contributed by atoms with E-state index in [9.17, 15) is 9.18 Å². The lowest BCUT2D eigenvalue weighted by Gasteiger charge is -2.09. The zero-order chi connectivity index (χ0) is 13.8. The highest BCUT2D eigenvalue weighted by atomic mass is 35.5. The van der Waals surface area contributed by atoms with Crippen LogP contribution >= 0.6 is 11.6 Å². The van der Waals surface area contributed by atoms with Crippen LogP contribution < -0.4 is 10.6 Å². The SMILES string of the molecule is CNc1ccncc1C(=O)Nc1ccc(Cl)cc1F. The highest BCUT2D eigenvalue weighted by molar-refractivity contribution is 6.30. The van der Waals surface area contributed by atoms with Gasteiger partial charge in [0.05, 0.1) is 11.3 Å². The standard InChI is InChI=1S/C13H11ClFN3O/c1-16-11-4-5-17-7-9(11)13(19)18-12-3-2-8(14)6-10(12)15/h2-7H,1H3,(H,16,17)(H,18,19). The number of benzene rings is 1. The molecule has 0 aliphatic carbocycles. The van der Waals surface area contributed by atoms with Crippen LogP contribution in [0.5, 0.6) is 0 Å². The summed E-state index contributed by atoms with van der Waals surface area (Å²) in [6.07, 6.45) is 2.97. The lowest BCUT2D eigenvalue weighted by atomic mass is 10.2. The summed E-state index contributed by atoms with van der Waals surface area (Å²) in [5.74, 6) is -1.03. The van der Waals surface area contributed by atoms with Gasteiger partial charge < -0.3 is 10.6 Å². The smallest absolute Gasteiger partial charge is 0.259 e. The summed E-state index contributed by atoms with van der Waals surface area (Å²) in [5.41, 5.74) is 1.02. The van der Waals surface area contributed by atoms with E-state index >= 15 is 0 Å². The Morgan fingerprint density at radius 3 is 2.79 bits per heavy atom. The van der Waals surface area contributed by atoms with Gasteiger partial charge in [0.2, 0.25) is 0 Å². The summed E-state index contributed by atoms with van der Waals surface area (Å²) in [6, 6.07) is 5.71. The van der Waals surface area contributed by atoms with Crippen molar-refractivity contribution < 1.29 is 9.18 Å². The van der Waals surface area contributed by atoms with Crippen molar-refractivity contribution >= 4 is 28.9 Å². The van der Waals surface area contributed by atoms with E-state index in [2.05, 4.69) is 15.6 Å². The molecule has 0 radical (unpaired) electrons. The number of anilines is 2. The van der Waals surface area contributed by atoms with Crippen LogP contribution in [0.4, 0.5) is 15.8 Å². The molecular weight excluding hydrogens is 269 g/mol. The van der Waals surface area contributed by atoms with Crippen molar-refractivity contribution in [2.24, 2.45) is 0 Å². The number of rotatable bonds is 3. The van der Waals surface area contributed by atoms with Crippen molar-refractivity contribution in [2.45, 2.75) is 0 Å². The van der Waals surface area contributed by atoms with Crippen LogP contribution in [0.25, 0.3) is 0 Å². The number of hydrogen-bond donors (Lipinski definition) is 2. The fourth-order valence-corrected chi connectivity index (χ4v) is 1.73. The number of nitrogens with zero attached hydrogens (tertiary/aromatic N) is 1. The number of aromatic nitrogens is 1. The van der Waals surface area contributed by atoms with E-state index in [1.807, 2.05) is 0 Å². The van der Waals surface area contributed by atoms with E-state index in [0.29, 0.717) is 11.3 Å². The van der Waals surface area contributed by atoms with Gasteiger partial charge in [-0.15, -0.1) is 0 Å². The molecule has 0 saturated carbocycles. The Morgan fingerprint density at radius 1 is 1.32 bits per heavy atom. The average molecular weight is 280 g/mol. The van der Waals surface area contributed by atoms with Crippen molar-refractivity contribution in [1.29, 1.82) is 0 Å². The quantitative estimate of drug-likeness (QED) is 0.907. The second kappa shape index (κ2) is 5.67. The Balaban J connectivity index is 2.26. The second-order valence-electron chi connectivity index (χ2n) is 3.75. The molecule has 98 valence electrons. The van der Waals surface area contributed by atoms with Crippen molar-refractivity contribution in [3.05, 3.63) is 53.1 Å². The lowest BCUT2D eigenvalue weighted by molar-refractivity contribution is 0.102. The highest BCUT2D eigenvalue weighted by Crippen LogP contribution is 2.21. The molecule has 1 heterocycles. The second-order valence-corrected chi connectivity index (χ2v) is 4.19. The number of nitrogens with one attached hydrogen (secondary N) is 2. The minimum Gasteiger partial charge on any atom is -0.387 e. The molecule has 2 rings (SSSR count). The lowest BCUT2D eigenvalue weighted by Crippen LogP contribution is -2.15. The molecule has 1 aromatic heterocycles. The van der Waals surface area contributed by atoms with Gasteiger partial charge in [-0.2, -0.15) is 0 Å². The van der Waals surface area contributed by atoms with Crippen LogP contribution in [0.3, 0.4) is 0 Å². The molecule has 2 aromatic rings. The third-order valence-electron chi connectivity index (χ3n) is 2.51. The van der Waals surface area contributed by atoms with Gasteiger partial charge in [-0.25, -0.2) is 4.39 Å². The van der Waals surface area contributed by atoms with Gasteiger partial charge in [-0.05, 0) is 24.3 Å². The minimum atomic E-state index is -0.587. The van der Waals surface area contributed by atoms with E-state index in [4.69, 9.17) is 11.6 Å². The summed E-state index contributed by atoms with van der Waals surface area (Å²) in [6.45, 7) is 0. The minimum absolute atomic E-state index is 0.0697. The zero-order valence-electron chi connectivity index (χ0n) is 10.1. The third-order valence-corrected chi connectivity index (χ3v) is 2.75. The first-order chi connectivity index (χ1) is 9.11. The van der Waals surface area contributed by atoms with Crippen molar-refractivity contribution in [1.82, 2.24) is 4.98 Å². The molecule has 6 heteroatoms. The van der Waals surface area contributed by atoms with Gasteiger partial charge >= 0.3 is 0 Å². The van der Waals surface area contributed by atoms with Gasteiger partial charge in [0.25, 0.3) is 5.91 Å². The third kappa shape index (κ3) is 3.00. The van der Waals surface area contributed by atoms with E-state index in [-0.39, 0.29) is 10.7 Å². The molecule has 1 aromatic carbocycles. The predicted octanol–water partition coefficient (Wildman–Crippen LogP) is 3.17. The first kappa shape index (κ1) is 13.3. The highest BCUT2D eigenvalue weighted by Gasteiger charge is 2.13. The molecule has 4 nitrogen and oxygen atoms in total. The molecule has 0 saturated heterocycles. The normalized spacial score (nSPS) is 10.1. The Hall–Kier alpha value is -2.14. The molecule has 0 aliphatic rings. The maximum absolute atomic E-state index is 13.6. The van der Waals surface area contributed by atoms with Crippen LogP contribution in [0.1, 0.15) is 10.4 Å². The fourth-order valence-electron chi connectivity index (χ4n) is 1.57. The van der Waals surface area contributed by atoms with Crippen LogP contribution in [-0.4, -0.2) is 17.9 Å². The first-order valence-corrected chi connectivity index (χ1v) is 5.88. The Bertz CT molecular complexity index is 619. The predicted molar refractivity (Wildman–Crippen MR) is 73.1 cm³/mol. The largest absolute Gasteiger partial charge is 0.387 e. The number of halogens is 2. The summed E-state index contributed by atoms with van der Waals surface area (Å²) < 4.78 is 13.6. The summed E-state index contributed by atoms with van der Waals surface area (Å²) >= 11 is 5.65. The first-order valence-electron chi connectivity index (χ1n) is 5.50. The van der Waals surface area contributed by atoms with Gasteiger partial charge in [0.1, 0.15) is 5.82 Å². The zero-order valence-corrected chi connectivity index (χ0v) is 10.8. The van der Waals surface area contributed by atoms with Crippen molar-refractivity contribution in [2.75, 3.05) is 17.7 Å². The number of pyridine rings is 1. The fraction of sp³-hybridized carbons (Fsp3) is 0.0769. The number of carbonyl (C=O) groups excluding carboxylic acids is 1. The summed E-state index contributed by atoms with van der Waals surface area (Å²) in [7, 11) is 1.69. The van der Waals surface area contributed by atoms with E-state index < -0.39 is 11.7 Å². The van der Waals surface area contributed by atoms with Gasteiger partial charge in [-0.3, -0.25) is 9.78 Å². The average Bonchev–Trinajstić information content (AvgIpc) is 2.41. The summed E-state index contributed by atoms with van der Waals surface area (Å²) in [5, 5.41) is 5.62. The topological polar surface area (TPSA) is 54.0 Å². The van der Waals surface area contributed by atoms with E-state index in [1.165, 1.54) is 18.3 Å². The molecule has 19 heavy (non-hydrogen) atoms. The monoisotopic (exact) mass is 279 g/mol. The van der Waals surface area contributed by atoms with Crippen LogP contribution in [-0.2, 0) is 0 Å². The molecule has 2 N–H and O–H groups in total. The molecule has 0 fully saturated rings. The molecule has 0 spiro atoms. The molecular formula is C13H11ClFN3O. The molecule has 1 amide bonds. The molecule has 0 aliphatic heterocycles. The molecule has 0 bridgehead atoms. The Morgan fingerprint density at radius 2 is 2.11 bits per heavy atom. The van der Waals surface area contributed by atoms with E-state index in [1.54, 1.807) is 19.3 Å². The van der Waals surface area contributed by atoms with Gasteiger partial charge in [-0.1, -0.05) is 11.6 Å². The molecule has 0 atom stereocenters. The Labute approximate surface area is 114 Å². The van der Waals surface area contributed by atoms with Gasteiger partial charge in [0, 0.05) is 30.2 Å². The molecule has 0 unspecified atom stereocenters. The van der Waals surface area contributed by atoms with E-state index in [0.717, 1.165) is 6.07 Å². The Kier molecular flexibility index (Phi) is 3.97. The van der Waals surface area contributed by atoms with Gasteiger partial charge in [0.15, 0.2) is 0 Å². The van der Waals surface area contributed by atoms with Crippen molar-refractivity contribution in [3.63, 3.8) is 0 Å². The number of carbonyl (C=O) groups is 1. The number of amides is 1. The maximum atomic E-state index is 13.6. The number of hydrogen-bond acceptors (Lipinski definition) is 3. The summed E-state index contributed by atoms with van der Waals surface area (Å²) in [4.78, 5) is 15.9.